The minimum atomic E-state index is -4.51. The first-order chi connectivity index (χ1) is 7.06. The van der Waals surface area contributed by atoms with Gasteiger partial charge >= 0.3 is 0 Å². The van der Waals surface area contributed by atoms with Crippen molar-refractivity contribution in [2.45, 2.75) is 45.4 Å². The minimum absolute atomic E-state index is 0.0582. The molecule has 0 aliphatic rings. The molecule has 0 radical (unpaired) electrons. The summed E-state index contributed by atoms with van der Waals surface area (Å²) in [5.74, 6) is 0. The molecule has 0 aromatic rings. The molecule has 0 fully saturated rings. The zero-order chi connectivity index (χ0) is 11.6. The maximum atomic E-state index is 10.0. The van der Waals surface area contributed by atoms with Crippen molar-refractivity contribution in [3.8, 4) is 0 Å². The van der Waals surface area contributed by atoms with Gasteiger partial charge < -0.3 is 4.55 Å². The Labute approximate surface area is 92.3 Å². The number of allylic oxidation sites excluding steroid dienone is 1. The predicted molar refractivity (Wildman–Crippen MR) is 58.2 cm³/mol. The van der Waals surface area contributed by atoms with Crippen LogP contribution >= 0.6 is 0 Å². The van der Waals surface area contributed by atoms with Crippen LogP contribution in [0.1, 0.15) is 45.4 Å². The molecule has 0 aromatic heterocycles. The Bertz CT molecular complexity index is 257. The molecular weight excluding hydrogens is 216 g/mol. The monoisotopic (exact) mass is 235 g/mol. The van der Waals surface area contributed by atoms with Crippen LogP contribution < -0.4 is 0 Å². The SMILES string of the molecule is CCCCCC/C=C\CCOS(=O)(=O)[O-]. The van der Waals surface area contributed by atoms with Crippen LogP contribution in [0, 0.1) is 0 Å². The highest BCUT2D eigenvalue weighted by atomic mass is 32.3. The highest BCUT2D eigenvalue weighted by molar-refractivity contribution is 7.80. The highest BCUT2D eigenvalue weighted by Gasteiger charge is 1.91. The van der Waals surface area contributed by atoms with E-state index in [0.29, 0.717) is 6.42 Å². The fraction of sp³-hybridized carbons (Fsp3) is 0.800. The average Bonchev–Trinajstić information content (AvgIpc) is 2.14. The standard InChI is InChI=1S/C10H20O4S/c1-2-3-4-5-6-7-8-9-10-14-15(11,12)13/h7-8H,2-6,9-10H2,1H3,(H,11,12,13)/p-1/b8-7-. The van der Waals surface area contributed by atoms with E-state index in [0.717, 1.165) is 12.8 Å². The van der Waals surface area contributed by atoms with Gasteiger partial charge in [-0.15, -0.1) is 0 Å². The molecule has 5 heteroatoms. The molecule has 0 N–H and O–H groups in total. The maximum absolute atomic E-state index is 10.0. The largest absolute Gasteiger partial charge is 0.726 e. The van der Waals surface area contributed by atoms with Gasteiger partial charge in [0.05, 0.1) is 6.61 Å². The zero-order valence-corrected chi connectivity index (χ0v) is 9.96. The van der Waals surface area contributed by atoms with Gasteiger partial charge in [0.1, 0.15) is 0 Å². The van der Waals surface area contributed by atoms with Crippen molar-refractivity contribution in [1.82, 2.24) is 0 Å². The van der Waals surface area contributed by atoms with E-state index in [4.69, 9.17) is 0 Å². The van der Waals surface area contributed by atoms with Gasteiger partial charge in [0.15, 0.2) is 0 Å². The number of unbranched alkanes of at least 4 members (excludes halogenated alkanes) is 4. The van der Waals surface area contributed by atoms with Crippen LogP contribution in [-0.2, 0) is 14.6 Å². The van der Waals surface area contributed by atoms with Crippen molar-refractivity contribution < 1.29 is 17.2 Å². The van der Waals surface area contributed by atoms with Gasteiger partial charge in [-0.2, -0.15) is 0 Å². The van der Waals surface area contributed by atoms with Crippen molar-refractivity contribution in [1.29, 1.82) is 0 Å². The lowest BCUT2D eigenvalue weighted by Crippen LogP contribution is -2.04. The summed E-state index contributed by atoms with van der Waals surface area (Å²) < 4.78 is 34.1. The van der Waals surface area contributed by atoms with Crippen LogP contribution in [0.4, 0.5) is 0 Å². The van der Waals surface area contributed by atoms with Crippen molar-refractivity contribution in [3.05, 3.63) is 12.2 Å². The van der Waals surface area contributed by atoms with Crippen molar-refractivity contribution in [2.75, 3.05) is 6.61 Å². The molecule has 0 spiro atoms. The third-order valence-corrected chi connectivity index (χ3v) is 2.36. The molecule has 0 saturated heterocycles. The lowest BCUT2D eigenvalue weighted by atomic mass is 10.1. The quantitative estimate of drug-likeness (QED) is 0.266. The van der Waals surface area contributed by atoms with Gasteiger partial charge in [0.2, 0.25) is 10.4 Å². The Morgan fingerprint density at radius 1 is 1.13 bits per heavy atom. The van der Waals surface area contributed by atoms with Crippen LogP contribution in [0.15, 0.2) is 12.2 Å². The first-order valence-corrected chi connectivity index (χ1v) is 6.65. The Morgan fingerprint density at radius 3 is 2.40 bits per heavy atom. The Hall–Kier alpha value is -0.390. The van der Waals surface area contributed by atoms with E-state index in [9.17, 15) is 13.0 Å². The van der Waals surface area contributed by atoms with E-state index in [1.165, 1.54) is 19.3 Å². The highest BCUT2D eigenvalue weighted by Crippen LogP contribution is 2.03. The van der Waals surface area contributed by atoms with Crippen molar-refractivity contribution >= 4 is 10.4 Å². The second-order valence-corrected chi connectivity index (χ2v) is 4.39. The summed E-state index contributed by atoms with van der Waals surface area (Å²) in [5, 5.41) is 0. The second-order valence-electron chi connectivity index (χ2n) is 3.34. The summed E-state index contributed by atoms with van der Waals surface area (Å²) in [6, 6.07) is 0. The van der Waals surface area contributed by atoms with E-state index < -0.39 is 10.4 Å². The summed E-state index contributed by atoms with van der Waals surface area (Å²) >= 11 is 0. The van der Waals surface area contributed by atoms with Gasteiger partial charge in [-0.05, 0) is 19.3 Å². The fourth-order valence-corrected chi connectivity index (χ4v) is 1.44. The van der Waals surface area contributed by atoms with E-state index in [1.807, 2.05) is 12.2 Å². The van der Waals surface area contributed by atoms with Gasteiger partial charge in [0.25, 0.3) is 0 Å². The predicted octanol–water partition coefficient (Wildman–Crippen LogP) is 2.38. The Balaban J connectivity index is 3.25. The first-order valence-electron chi connectivity index (χ1n) is 5.31. The van der Waals surface area contributed by atoms with Gasteiger partial charge in [-0.25, -0.2) is 8.42 Å². The van der Waals surface area contributed by atoms with E-state index >= 15 is 0 Å². The molecule has 0 atom stereocenters. The number of hydrogen-bond acceptors (Lipinski definition) is 4. The molecule has 15 heavy (non-hydrogen) atoms. The normalized spacial score (nSPS) is 12.4. The smallest absolute Gasteiger partial charge is 0.217 e. The molecule has 0 rings (SSSR count). The van der Waals surface area contributed by atoms with E-state index in [-0.39, 0.29) is 6.61 Å². The Morgan fingerprint density at radius 2 is 1.80 bits per heavy atom. The topological polar surface area (TPSA) is 66.4 Å². The minimum Gasteiger partial charge on any atom is -0.726 e. The molecule has 4 nitrogen and oxygen atoms in total. The summed E-state index contributed by atoms with van der Waals surface area (Å²) in [6.45, 7) is 2.10. The lowest BCUT2D eigenvalue weighted by Gasteiger charge is -2.04. The van der Waals surface area contributed by atoms with Crippen LogP contribution in [0.2, 0.25) is 0 Å². The zero-order valence-electron chi connectivity index (χ0n) is 9.15. The molecule has 0 heterocycles. The number of rotatable bonds is 9. The summed E-state index contributed by atoms with van der Waals surface area (Å²) in [6.07, 6.45) is 10.2. The molecule has 0 saturated carbocycles. The number of hydrogen-bond donors (Lipinski definition) is 0. The third kappa shape index (κ3) is 13.6. The summed E-state index contributed by atoms with van der Waals surface area (Å²) in [4.78, 5) is 0. The van der Waals surface area contributed by atoms with E-state index in [1.54, 1.807) is 0 Å². The molecular formula is C10H19O4S-. The van der Waals surface area contributed by atoms with Crippen LogP contribution in [0.25, 0.3) is 0 Å². The Kier molecular flexibility index (Phi) is 8.65. The van der Waals surface area contributed by atoms with Crippen molar-refractivity contribution in [3.63, 3.8) is 0 Å². The average molecular weight is 235 g/mol. The fourth-order valence-electron chi connectivity index (χ4n) is 1.14. The van der Waals surface area contributed by atoms with Crippen LogP contribution in [-0.4, -0.2) is 19.6 Å². The second kappa shape index (κ2) is 8.88. The molecule has 0 aromatic carbocycles. The van der Waals surface area contributed by atoms with Crippen LogP contribution in [0.5, 0.6) is 0 Å². The van der Waals surface area contributed by atoms with Crippen molar-refractivity contribution in [2.24, 2.45) is 0 Å². The molecule has 0 aliphatic carbocycles. The van der Waals surface area contributed by atoms with Gasteiger partial charge in [-0.3, -0.25) is 4.18 Å². The van der Waals surface area contributed by atoms with Gasteiger partial charge in [0, 0.05) is 0 Å². The molecule has 90 valence electrons. The first kappa shape index (κ1) is 14.6. The molecule has 0 bridgehead atoms. The summed E-state index contributed by atoms with van der Waals surface area (Å²) in [5.41, 5.74) is 0. The molecule has 0 aliphatic heterocycles. The third-order valence-electron chi connectivity index (χ3n) is 1.90. The van der Waals surface area contributed by atoms with E-state index in [2.05, 4.69) is 11.1 Å². The summed E-state index contributed by atoms with van der Waals surface area (Å²) in [7, 11) is -4.51. The molecule has 0 amide bonds. The molecule has 0 unspecified atom stereocenters. The lowest BCUT2D eigenvalue weighted by molar-refractivity contribution is 0.266. The van der Waals surface area contributed by atoms with Crippen LogP contribution in [0.3, 0.4) is 0 Å². The maximum Gasteiger partial charge on any atom is 0.217 e. The van der Waals surface area contributed by atoms with Gasteiger partial charge in [-0.1, -0.05) is 38.3 Å².